The Morgan fingerprint density at radius 3 is 3.00 bits per heavy atom. The molecule has 19 heavy (non-hydrogen) atoms. The Morgan fingerprint density at radius 2 is 2.37 bits per heavy atom. The Morgan fingerprint density at radius 1 is 1.58 bits per heavy atom. The normalized spacial score (nSPS) is 20.6. The zero-order chi connectivity index (χ0) is 13.9. The lowest BCUT2D eigenvalue weighted by molar-refractivity contribution is 0.394. The SMILES string of the molecule is CN1CCC(CNS(=O)(=O)c2cccnc2NN)C1. The van der Waals surface area contributed by atoms with Crippen molar-refractivity contribution in [3.05, 3.63) is 18.3 Å². The van der Waals surface area contributed by atoms with Gasteiger partial charge in [0.2, 0.25) is 10.0 Å². The number of nitrogens with one attached hydrogen (secondary N) is 2. The van der Waals surface area contributed by atoms with Gasteiger partial charge >= 0.3 is 0 Å². The molecule has 0 aromatic carbocycles. The molecule has 1 atom stereocenters. The second kappa shape index (κ2) is 5.83. The van der Waals surface area contributed by atoms with Crippen LogP contribution in [0.1, 0.15) is 6.42 Å². The maximum atomic E-state index is 12.2. The van der Waals surface area contributed by atoms with Gasteiger partial charge in [0.1, 0.15) is 4.90 Å². The van der Waals surface area contributed by atoms with Crippen LogP contribution in [0.4, 0.5) is 5.82 Å². The Bertz CT molecular complexity index is 534. The molecule has 1 saturated heterocycles. The molecular formula is C11H19N5O2S. The summed E-state index contributed by atoms with van der Waals surface area (Å²) in [5, 5.41) is 0. The van der Waals surface area contributed by atoms with Crippen molar-refractivity contribution in [2.75, 3.05) is 32.1 Å². The van der Waals surface area contributed by atoms with E-state index < -0.39 is 10.0 Å². The number of rotatable bonds is 5. The Hall–Kier alpha value is -1.22. The fourth-order valence-electron chi connectivity index (χ4n) is 2.21. The molecule has 1 aliphatic rings. The summed E-state index contributed by atoms with van der Waals surface area (Å²) in [7, 11) is -1.55. The highest BCUT2D eigenvalue weighted by Crippen LogP contribution is 2.18. The number of hydrogen-bond donors (Lipinski definition) is 3. The maximum absolute atomic E-state index is 12.2. The van der Waals surface area contributed by atoms with Crippen LogP contribution in [0.5, 0.6) is 0 Å². The van der Waals surface area contributed by atoms with Crippen LogP contribution < -0.4 is 16.0 Å². The van der Waals surface area contributed by atoms with Crippen LogP contribution in [0.15, 0.2) is 23.2 Å². The van der Waals surface area contributed by atoms with E-state index in [1.165, 1.54) is 12.3 Å². The average molecular weight is 285 g/mol. The number of likely N-dealkylation sites (tertiary alicyclic amines) is 1. The summed E-state index contributed by atoms with van der Waals surface area (Å²) < 4.78 is 27.0. The van der Waals surface area contributed by atoms with E-state index >= 15 is 0 Å². The number of anilines is 1. The number of pyridine rings is 1. The van der Waals surface area contributed by atoms with Gasteiger partial charge in [-0.15, -0.1) is 0 Å². The van der Waals surface area contributed by atoms with E-state index in [0.29, 0.717) is 12.5 Å². The molecule has 8 heteroatoms. The lowest BCUT2D eigenvalue weighted by Gasteiger charge is -2.13. The van der Waals surface area contributed by atoms with Gasteiger partial charge in [0, 0.05) is 19.3 Å². The number of hydrogen-bond acceptors (Lipinski definition) is 6. The predicted molar refractivity (Wildman–Crippen MR) is 72.8 cm³/mol. The van der Waals surface area contributed by atoms with E-state index in [0.717, 1.165) is 19.5 Å². The molecule has 0 aliphatic carbocycles. The van der Waals surface area contributed by atoms with Crippen LogP contribution in [0.3, 0.4) is 0 Å². The van der Waals surface area contributed by atoms with Crippen LogP contribution in [0.25, 0.3) is 0 Å². The van der Waals surface area contributed by atoms with E-state index in [1.54, 1.807) is 6.07 Å². The van der Waals surface area contributed by atoms with Crippen LogP contribution in [0, 0.1) is 5.92 Å². The first kappa shape index (κ1) is 14.2. The Labute approximate surface area is 113 Å². The van der Waals surface area contributed by atoms with Crippen LogP contribution in [0.2, 0.25) is 0 Å². The molecule has 7 nitrogen and oxygen atoms in total. The monoisotopic (exact) mass is 285 g/mol. The zero-order valence-corrected chi connectivity index (χ0v) is 11.7. The van der Waals surface area contributed by atoms with Gasteiger partial charge < -0.3 is 10.3 Å². The molecule has 0 spiro atoms. The van der Waals surface area contributed by atoms with Crippen molar-refractivity contribution in [3.8, 4) is 0 Å². The fraction of sp³-hybridized carbons (Fsp3) is 0.545. The van der Waals surface area contributed by atoms with E-state index in [2.05, 4.69) is 20.0 Å². The van der Waals surface area contributed by atoms with Crippen molar-refractivity contribution in [3.63, 3.8) is 0 Å². The van der Waals surface area contributed by atoms with E-state index in [4.69, 9.17) is 5.84 Å². The van der Waals surface area contributed by atoms with Crippen molar-refractivity contribution >= 4 is 15.8 Å². The molecule has 106 valence electrons. The van der Waals surface area contributed by atoms with Crippen molar-refractivity contribution < 1.29 is 8.42 Å². The fourth-order valence-corrected chi connectivity index (χ4v) is 3.45. The van der Waals surface area contributed by atoms with Gasteiger partial charge in [-0.2, -0.15) is 0 Å². The minimum atomic E-state index is -3.58. The zero-order valence-electron chi connectivity index (χ0n) is 10.8. The lowest BCUT2D eigenvalue weighted by atomic mass is 10.1. The Kier molecular flexibility index (Phi) is 4.35. The number of nitrogen functional groups attached to an aromatic ring is 1. The molecule has 1 aromatic rings. The minimum Gasteiger partial charge on any atom is -0.307 e. The van der Waals surface area contributed by atoms with Gasteiger partial charge in [0.25, 0.3) is 0 Å². The van der Waals surface area contributed by atoms with Crippen molar-refractivity contribution in [2.45, 2.75) is 11.3 Å². The predicted octanol–water partition coefficient (Wildman–Crippen LogP) is -0.403. The van der Waals surface area contributed by atoms with Gasteiger partial charge in [-0.3, -0.25) is 0 Å². The van der Waals surface area contributed by atoms with Crippen LogP contribution in [-0.4, -0.2) is 45.0 Å². The molecule has 0 amide bonds. The second-order valence-electron chi connectivity index (χ2n) is 4.76. The van der Waals surface area contributed by atoms with Gasteiger partial charge in [-0.1, -0.05) is 0 Å². The highest BCUT2D eigenvalue weighted by atomic mass is 32.2. The lowest BCUT2D eigenvalue weighted by Crippen LogP contribution is -2.31. The third kappa shape index (κ3) is 3.41. The molecule has 1 aliphatic heterocycles. The third-order valence-corrected chi connectivity index (χ3v) is 4.70. The van der Waals surface area contributed by atoms with Crippen molar-refractivity contribution in [1.29, 1.82) is 0 Å². The topological polar surface area (TPSA) is 100 Å². The quantitative estimate of drug-likeness (QED) is 0.502. The average Bonchev–Trinajstić information content (AvgIpc) is 2.82. The highest BCUT2D eigenvalue weighted by Gasteiger charge is 2.24. The van der Waals surface area contributed by atoms with Gasteiger partial charge in [0.15, 0.2) is 5.82 Å². The molecule has 1 fully saturated rings. The number of nitrogens with zero attached hydrogens (tertiary/aromatic N) is 2. The highest BCUT2D eigenvalue weighted by molar-refractivity contribution is 7.89. The standard InChI is InChI=1S/C11H19N5O2S/c1-16-6-4-9(8-16)7-14-19(17,18)10-3-2-5-13-11(10)15-12/h2-3,5,9,14H,4,6-8,12H2,1H3,(H,13,15). The van der Waals surface area contributed by atoms with Crippen molar-refractivity contribution in [2.24, 2.45) is 11.8 Å². The number of sulfonamides is 1. The minimum absolute atomic E-state index is 0.0730. The van der Waals surface area contributed by atoms with Crippen LogP contribution in [-0.2, 0) is 10.0 Å². The van der Waals surface area contributed by atoms with Gasteiger partial charge in [-0.25, -0.2) is 24.0 Å². The summed E-state index contributed by atoms with van der Waals surface area (Å²) in [6.07, 6.45) is 2.49. The molecule has 1 aromatic heterocycles. The second-order valence-corrected chi connectivity index (χ2v) is 6.50. The molecule has 0 radical (unpaired) electrons. The summed E-state index contributed by atoms with van der Waals surface area (Å²) >= 11 is 0. The molecular weight excluding hydrogens is 266 g/mol. The third-order valence-electron chi connectivity index (χ3n) is 3.25. The summed E-state index contributed by atoms with van der Waals surface area (Å²) in [6, 6.07) is 3.05. The summed E-state index contributed by atoms with van der Waals surface area (Å²) in [6.45, 7) is 2.36. The van der Waals surface area contributed by atoms with Gasteiger partial charge in [-0.05, 0) is 38.1 Å². The van der Waals surface area contributed by atoms with E-state index in [-0.39, 0.29) is 10.7 Å². The molecule has 0 bridgehead atoms. The first-order valence-electron chi connectivity index (χ1n) is 6.13. The number of hydrazine groups is 1. The first-order chi connectivity index (χ1) is 9.03. The smallest absolute Gasteiger partial charge is 0.244 e. The van der Waals surface area contributed by atoms with Gasteiger partial charge in [0.05, 0.1) is 0 Å². The first-order valence-corrected chi connectivity index (χ1v) is 7.61. The molecule has 2 heterocycles. The van der Waals surface area contributed by atoms with E-state index in [1.807, 2.05) is 7.05 Å². The summed E-state index contributed by atoms with van der Waals surface area (Å²) in [5.74, 6) is 5.78. The molecule has 2 rings (SSSR count). The molecule has 4 N–H and O–H groups in total. The molecule has 0 saturated carbocycles. The Balaban J connectivity index is 2.06. The number of aromatic nitrogens is 1. The van der Waals surface area contributed by atoms with E-state index in [9.17, 15) is 8.42 Å². The largest absolute Gasteiger partial charge is 0.307 e. The summed E-state index contributed by atoms with van der Waals surface area (Å²) in [5.41, 5.74) is 2.30. The van der Waals surface area contributed by atoms with Crippen LogP contribution >= 0.6 is 0 Å². The molecule has 1 unspecified atom stereocenters. The van der Waals surface area contributed by atoms with Crippen molar-refractivity contribution in [1.82, 2.24) is 14.6 Å². The summed E-state index contributed by atoms with van der Waals surface area (Å²) in [4.78, 5) is 6.16. The number of nitrogens with two attached hydrogens (primary N) is 1. The maximum Gasteiger partial charge on any atom is 0.244 e.